The summed E-state index contributed by atoms with van der Waals surface area (Å²) in [6.07, 6.45) is 0. The molecule has 2 amide bonds. The van der Waals surface area contributed by atoms with E-state index < -0.39 is 0 Å². The van der Waals surface area contributed by atoms with Crippen molar-refractivity contribution in [2.24, 2.45) is 0 Å². The number of hydrogen-bond acceptors (Lipinski definition) is 2. The topological polar surface area (TPSA) is 58.2 Å². The summed E-state index contributed by atoms with van der Waals surface area (Å²) in [6.45, 7) is 0.196. The van der Waals surface area contributed by atoms with Crippen molar-refractivity contribution in [2.45, 2.75) is 0 Å². The predicted molar refractivity (Wildman–Crippen MR) is 111 cm³/mol. The van der Waals surface area contributed by atoms with Crippen molar-refractivity contribution in [1.82, 2.24) is 10.6 Å². The Labute approximate surface area is 164 Å². The van der Waals surface area contributed by atoms with Gasteiger partial charge in [0.1, 0.15) is 0 Å². The van der Waals surface area contributed by atoms with Crippen LogP contribution in [0.5, 0.6) is 0 Å². The Balaban J connectivity index is 1.62. The molecule has 0 aliphatic carbocycles. The van der Waals surface area contributed by atoms with Crippen molar-refractivity contribution in [3.05, 3.63) is 95.6 Å². The zero-order valence-electron chi connectivity index (χ0n) is 15.5. The largest absolute Gasteiger partial charge is 0.355 e. The fourth-order valence-electron chi connectivity index (χ4n) is 2.74. The van der Waals surface area contributed by atoms with Crippen LogP contribution in [0.2, 0.25) is 0 Å². The first-order valence-corrected chi connectivity index (χ1v) is 8.92. The molecule has 4 heteroatoms. The van der Waals surface area contributed by atoms with Crippen molar-refractivity contribution in [3.8, 4) is 23.0 Å². The molecule has 0 aromatic heterocycles. The fourth-order valence-corrected chi connectivity index (χ4v) is 2.74. The van der Waals surface area contributed by atoms with Crippen LogP contribution in [0.4, 0.5) is 0 Å². The molecule has 0 saturated carbocycles. The molecule has 0 heterocycles. The number of nitrogens with one attached hydrogen (secondary N) is 2. The molecule has 138 valence electrons. The highest BCUT2D eigenvalue weighted by Crippen LogP contribution is 2.19. The lowest BCUT2D eigenvalue weighted by Gasteiger charge is -2.05. The third-order valence-corrected chi connectivity index (χ3v) is 4.21. The van der Waals surface area contributed by atoms with Crippen LogP contribution in [0, 0.1) is 11.8 Å². The van der Waals surface area contributed by atoms with E-state index in [0.717, 1.165) is 11.1 Å². The highest BCUT2D eigenvalue weighted by molar-refractivity contribution is 5.96. The number of hydrogen-bond donors (Lipinski definition) is 2. The lowest BCUT2D eigenvalue weighted by molar-refractivity contribution is 0.0952. The minimum atomic E-state index is -0.188. The van der Waals surface area contributed by atoms with E-state index in [1.165, 1.54) is 0 Å². The fraction of sp³-hybridized carbons (Fsp3) is 0.0833. The van der Waals surface area contributed by atoms with Crippen LogP contribution in [-0.2, 0) is 0 Å². The minimum absolute atomic E-state index is 0.187. The molecule has 0 aliphatic heterocycles. The van der Waals surface area contributed by atoms with E-state index in [-0.39, 0.29) is 18.4 Å². The smallest absolute Gasteiger partial charge is 0.252 e. The number of amides is 2. The molecule has 3 aromatic carbocycles. The van der Waals surface area contributed by atoms with Crippen molar-refractivity contribution in [3.63, 3.8) is 0 Å². The van der Waals surface area contributed by atoms with Crippen LogP contribution >= 0.6 is 0 Å². The maximum absolute atomic E-state index is 12.3. The third-order valence-electron chi connectivity index (χ3n) is 4.21. The van der Waals surface area contributed by atoms with Crippen LogP contribution in [0.25, 0.3) is 11.1 Å². The summed E-state index contributed by atoms with van der Waals surface area (Å²) >= 11 is 0. The van der Waals surface area contributed by atoms with Gasteiger partial charge in [0, 0.05) is 18.2 Å². The Morgan fingerprint density at radius 2 is 1.43 bits per heavy atom. The van der Waals surface area contributed by atoms with Gasteiger partial charge in [-0.25, -0.2) is 0 Å². The van der Waals surface area contributed by atoms with Crippen molar-refractivity contribution < 1.29 is 9.59 Å². The van der Waals surface area contributed by atoms with E-state index in [2.05, 4.69) is 22.5 Å². The SMILES string of the molecule is CNC(=O)c1ccccc1C#CCNC(=O)c1ccc(-c2ccccc2)cc1. The molecule has 0 atom stereocenters. The molecule has 0 spiro atoms. The highest BCUT2D eigenvalue weighted by atomic mass is 16.2. The summed E-state index contributed by atoms with van der Waals surface area (Å²) < 4.78 is 0. The summed E-state index contributed by atoms with van der Waals surface area (Å²) in [5.41, 5.74) is 3.88. The standard InChI is InChI=1S/C24H20N2O2/c1-25-24(28)22-12-6-5-10-20(22)11-7-17-26-23(27)21-15-13-19(14-16-21)18-8-3-2-4-9-18/h2-6,8-10,12-16H,17H2,1H3,(H,25,28)(H,26,27). The van der Waals surface area contributed by atoms with Gasteiger partial charge in [0.15, 0.2) is 0 Å². The van der Waals surface area contributed by atoms with Crippen molar-refractivity contribution >= 4 is 11.8 Å². The second kappa shape index (κ2) is 9.20. The van der Waals surface area contributed by atoms with E-state index >= 15 is 0 Å². The molecule has 0 radical (unpaired) electrons. The van der Waals surface area contributed by atoms with Gasteiger partial charge in [0.2, 0.25) is 0 Å². The number of benzene rings is 3. The van der Waals surface area contributed by atoms with E-state index in [1.807, 2.05) is 48.5 Å². The summed E-state index contributed by atoms with van der Waals surface area (Å²) in [6, 6.07) is 24.6. The Bertz CT molecular complexity index is 1030. The van der Waals surface area contributed by atoms with Gasteiger partial charge in [0.25, 0.3) is 11.8 Å². The van der Waals surface area contributed by atoms with Crippen LogP contribution in [-0.4, -0.2) is 25.4 Å². The maximum atomic E-state index is 12.3. The molecule has 0 aliphatic rings. The number of rotatable bonds is 4. The van der Waals surface area contributed by atoms with Gasteiger partial charge in [-0.05, 0) is 35.4 Å². The van der Waals surface area contributed by atoms with E-state index in [4.69, 9.17) is 0 Å². The first kappa shape index (κ1) is 18.9. The van der Waals surface area contributed by atoms with Crippen molar-refractivity contribution in [2.75, 3.05) is 13.6 Å². The Hall–Kier alpha value is -3.84. The zero-order valence-corrected chi connectivity index (χ0v) is 15.5. The van der Waals surface area contributed by atoms with Crippen LogP contribution in [0.3, 0.4) is 0 Å². The molecule has 2 N–H and O–H groups in total. The van der Waals surface area contributed by atoms with Gasteiger partial charge in [-0.15, -0.1) is 0 Å². The molecular weight excluding hydrogens is 348 g/mol. The summed E-state index contributed by atoms with van der Waals surface area (Å²) in [7, 11) is 1.58. The zero-order chi connectivity index (χ0) is 19.8. The first-order valence-electron chi connectivity index (χ1n) is 8.92. The van der Waals surface area contributed by atoms with Gasteiger partial charge >= 0.3 is 0 Å². The molecule has 0 saturated heterocycles. The molecule has 3 rings (SSSR count). The first-order chi connectivity index (χ1) is 13.7. The second-order valence-corrected chi connectivity index (χ2v) is 6.05. The average molecular weight is 368 g/mol. The number of carbonyl (C=O) groups is 2. The Morgan fingerprint density at radius 3 is 2.14 bits per heavy atom. The van der Waals surface area contributed by atoms with Crippen molar-refractivity contribution in [1.29, 1.82) is 0 Å². The second-order valence-electron chi connectivity index (χ2n) is 6.05. The van der Waals surface area contributed by atoms with Gasteiger partial charge in [-0.3, -0.25) is 9.59 Å². The molecule has 0 fully saturated rings. The lowest BCUT2D eigenvalue weighted by atomic mass is 10.0. The third kappa shape index (κ3) is 4.66. The maximum Gasteiger partial charge on any atom is 0.252 e. The summed E-state index contributed by atoms with van der Waals surface area (Å²) in [4.78, 5) is 24.1. The van der Waals surface area contributed by atoms with E-state index in [9.17, 15) is 9.59 Å². The monoisotopic (exact) mass is 368 g/mol. The van der Waals surface area contributed by atoms with Gasteiger partial charge in [-0.2, -0.15) is 0 Å². The Kier molecular flexibility index (Phi) is 6.22. The van der Waals surface area contributed by atoms with Gasteiger partial charge in [-0.1, -0.05) is 66.4 Å². The van der Waals surface area contributed by atoms with Gasteiger partial charge < -0.3 is 10.6 Å². The Morgan fingerprint density at radius 1 is 0.786 bits per heavy atom. The average Bonchev–Trinajstić information content (AvgIpc) is 2.77. The van der Waals surface area contributed by atoms with Crippen LogP contribution in [0.1, 0.15) is 26.3 Å². The van der Waals surface area contributed by atoms with E-state index in [0.29, 0.717) is 16.7 Å². The van der Waals surface area contributed by atoms with Crippen LogP contribution < -0.4 is 10.6 Å². The molecule has 0 unspecified atom stereocenters. The summed E-state index contributed by atoms with van der Waals surface area (Å²) in [5, 5.41) is 5.37. The highest BCUT2D eigenvalue weighted by Gasteiger charge is 2.07. The predicted octanol–water partition coefficient (Wildman–Crippen LogP) is 3.49. The minimum Gasteiger partial charge on any atom is -0.355 e. The molecule has 4 nitrogen and oxygen atoms in total. The molecule has 28 heavy (non-hydrogen) atoms. The number of carbonyl (C=O) groups excluding carboxylic acids is 2. The molecule has 0 bridgehead atoms. The normalized spacial score (nSPS) is 9.75. The van der Waals surface area contributed by atoms with E-state index in [1.54, 1.807) is 37.4 Å². The quantitative estimate of drug-likeness (QED) is 0.693. The van der Waals surface area contributed by atoms with Crippen LogP contribution in [0.15, 0.2) is 78.9 Å². The molecule has 3 aromatic rings. The van der Waals surface area contributed by atoms with Gasteiger partial charge in [0.05, 0.1) is 12.1 Å². The summed E-state index contributed by atoms with van der Waals surface area (Å²) in [5.74, 6) is 5.46. The lowest BCUT2D eigenvalue weighted by Crippen LogP contribution is -2.23. The molecular formula is C24H20N2O2.